The molecule has 1 aliphatic carbocycles. The molecule has 3 aromatic rings. The monoisotopic (exact) mass is 446 g/mol. The SMILES string of the molecule is CNC(=O)CCC(=O)c1cccc(Nc2nccc(Oc3ccc4c(c3F)C=C(C)C4)n2)c1. The van der Waals surface area contributed by atoms with Gasteiger partial charge in [0, 0.05) is 49.0 Å². The van der Waals surface area contributed by atoms with E-state index >= 15 is 0 Å². The third kappa shape index (κ3) is 5.23. The molecule has 7 nitrogen and oxygen atoms in total. The third-order valence-corrected chi connectivity index (χ3v) is 5.24. The second-order valence-corrected chi connectivity index (χ2v) is 7.74. The van der Waals surface area contributed by atoms with Gasteiger partial charge in [0.15, 0.2) is 17.3 Å². The number of anilines is 2. The first-order valence-corrected chi connectivity index (χ1v) is 10.5. The average Bonchev–Trinajstić information content (AvgIpc) is 3.20. The molecule has 33 heavy (non-hydrogen) atoms. The van der Waals surface area contributed by atoms with Crippen molar-refractivity contribution >= 4 is 29.4 Å². The molecule has 0 bridgehead atoms. The summed E-state index contributed by atoms with van der Waals surface area (Å²) in [5.41, 5.74) is 3.66. The van der Waals surface area contributed by atoms with Crippen LogP contribution in [-0.2, 0) is 11.2 Å². The van der Waals surface area contributed by atoms with Gasteiger partial charge in [-0.3, -0.25) is 9.59 Å². The first kappa shape index (κ1) is 22.1. The van der Waals surface area contributed by atoms with Crippen molar-refractivity contribution < 1.29 is 18.7 Å². The number of aromatic nitrogens is 2. The summed E-state index contributed by atoms with van der Waals surface area (Å²) in [5.74, 6) is -0.235. The molecule has 0 unspecified atom stereocenters. The summed E-state index contributed by atoms with van der Waals surface area (Å²) >= 11 is 0. The van der Waals surface area contributed by atoms with Crippen molar-refractivity contribution in [3.63, 3.8) is 0 Å². The van der Waals surface area contributed by atoms with E-state index in [-0.39, 0.29) is 42.1 Å². The van der Waals surface area contributed by atoms with Crippen LogP contribution in [0.3, 0.4) is 0 Å². The predicted molar refractivity (Wildman–Crippen MR) is 123 cm³/mol. The standard InChI is InChI=1S/C25H23FN4O3/c1-15-12-16-6-8-21(24(26)19(16)13-15)33-23-10-11-28-25(30-23)29-18-5-3-4-17(14-18)20(31)7-9-22(32)27-2/h3-6,8,10-11,13-14H,7,9,12H2,1-2H3,(H,27,32)(H,28,29,30). The Hall–Kier alpha value is -4.07. The van der Waals surface area contributed by atoms with Crippen LogP contribution in [0.4, 0.5) is 16.0 Å². The summed E-state index contributed by atoms with van der Waals surface area (Å²) in [6.07, 6.45) is 4.31. The molecular weight excluding hydrogens is 423 g/mol. The van der Waals surface area contributed by atoms with E-state index in [4.69, 9.17) is 4.74 Å². The number of allylic oxidation sites excluding steroid dienone is 1. The Kier molecular flexibility index (Phi) is 6.44. The number of rotatable bonds is 8. The van der Waals surface area contributed by atoms with Crippen LogP contribution >= 0.6 is 0 Å². The molecule has 0 saturated heterocycles. The average molecular weight is 446 g/mol. The van der Waals surface area contributed by atoms with Crippen LogP contribution in [0.5, 0.6) is 11.6 Å². The molecule has 2 aromatic carbocycles. The largest absolute Gasteiger partial charge is 0.436 e. The number of carbonyl (C=O) groups is 2. The van der Waals surface area contributed by atoms with Crippen molar-refractivity contribution in [3.8, 4) is 11.6 Å². The molecule has 1 amide bonds. The number of ether oxygens (including phenoxy) is 1. The second-order valence-electron chi connectivity index (χ2n) is 7.74. The molecule has 1 aromatic heterocycles. The Morgan fingerprint density at radius 3 is 2.82 bits per heavy atom. The number of benzene rings is 2. The van der Waals surface area contributed by atoms with Crippen LogP contribution in [0.1, 0.15) is 41.3 Å². The molecule has 168 valence electrons. The molecule has 0 atom stereocenters. The van der Waals surface area contributed by atoms with Crippen molar-refractivity contribution in [1.82, 2.24) is 15.3 Å². The highest BCUT2D eigenvalue weighted by Gasteiger charge is 2.18. The molecule has 0 aliphatic heterocycles. The minimum Gasteiger partial charge on any atom is -0.436 e. The van der Waals surface area contributed by atoms with Crippen molar-refractivity contribution in [2.75, 3.05) is 12.4 Å². The number of ketones is 1. The Bertz CT molecular complexity index is 1260. The zero-order valence-corrected chi connectivity index (χ0v) is 18.3. The number of hydrogen-bond acceptors (Lipinski definition) is 6. The van der Waals surface area contributed by atoms with E-state index in [1.807, 2.05) is 19.1 Å². The van der Waals surface area contributed by atoms with Gasteiger partial charge in [-0.2, -0.15) is 4.98 Å². The van der Waals surface area contributed by atoms with Gasteiger partial charge < -0.3 is 15.4 Å². The zero-order valence-electron chi connectivity index (χ0n) is 18.3. The maximum absolute atomic E-state index is 14.9. The van der Waals surface area contributed by atoms with Gasteiger partial charge in [-0.15, -0.1) is 0 Å². The van der Waals surface area contributed by atoms with Crippen molar-refractivity contribution in [3.05, 3.63) is 76.7 Å². The van der Waals surface area contributed by atoms with E-state index in [0.717, 1.165) is 17.6 Å². The molecule has 0 fully saturated rings. The number of carbonyl (C=O) groups excluding carboxylic acids is 2. The summed E-state index contributed by atoms with van der Waals surface area (Å²) < 4.78 is 20.5. The van der Waals surface area contributed by atoms with Gasteiger partial charge in [0.1, 0.15) is 0 Å². The van der Waals surface area contributed by atoms with Crippen molar-refractivity contribution in [2.24, 2.45) is 0 Å². The maximum Gasteiger partial charge on any atom is 0.230 e. The number of Topliss-reactive ketones (excluding diaryl/α,β-unsaturated/α-hetero) is 1. The van der Waals surface area contributed by atoms with Gasteiger partial charge in [-0.05, 0) is 37.1 Å². The molecule has 4 rings (SSSR count). The van der Waals surface area contributed by atoms with Gasteiger partial charge in [0.25, 0.3) is 0 Å². The fraction of sp³-hybridized carbons (Fsp3) is 0.200. The van der Waals surface area contributed by atoms with Crippen molar-refractivity contribution in [1.29, 1.82) is 0 Å². The maximum atomic E-state index is 14.9. The fourth-order valence-corrected chi connectivity index (χ4v) is 3.57. The van der Waals surface area contributed by atoms with Crippen LogP contribution < -0.4 is 15.4 Å². The summed E-state index contributed by atoms with van der Waals surface area (Å²) in [5, 5.41) is 5.52. The highest BCUT2D eigenvalue weighted by molar-refractivity contribution is 5.98. The van der Waals surface area contributed by atoms with Crippen LogP contribution in [0.25, 0.3) is 6.08 Å². The Balaban J connectivity index is 1.47. The molecule has 1 heterocycles. The molecular formula is C25H23FN4O3. The van der Waals surface area contributed by atoms with E-state index < -0.39 is 5.82 Å². The lowest BCUT2D eigenvalue weighted by molar-refractivity contribution is -0.120. The Labute approximate surface area is 190 Å². The van der Waals surface area contributed by atoms with Crippen LogP contribution in [0.15, 0.2) is 54.2 Å². The van der Waals surface area contributed by atoms with Crippen LogP contribution in [0, 0.1) is 5.82 Å². The molecule has 0 spiro atoms. The minimum absolute atomic E-state index is 0.0908. The quantitative estimate of drug-likeness (QED) is 0.482. The second kappa shape index (κ2) is 9.60. The number of amides is 1. The molecule has 1 aliphatic rings. The van der Waals surface area contributed by atoms with Crippen LogP contribution in [-0.4, -0.2) is 28.7 Å². The Morgan fingerprint density at radius 1 is 1.15 bits per heavy atom. The summed E-state index contributed by atoms with van der Waals surface area (Å²) in [4.78, 5) is 32.2. The number of halogens is 1. The summed E-state index contributed by atoms with van der Waals surface area (Å²) in [6.45, 7) is 1.97. The number of fused-ring (bicyclic) bond motifs is 1. The lowest BCUT2D eigenvalue weighted by Crippen LogP contribution is -2.18. The number of nitrogens with one attached hydrogen (secondary N) is 2. The molecule has 2 N–H and O–H groups in total. The Morgan fingerprint density at radius 2 is 2.00 bits per heavy atom. The zero-order chi connectivity index (χ0) is 23.4. The molecule has 0 saturated carbocycles. The summed E-state index contributed by atoms with van der Waals surface area (Å²) in [6, 6.07) is 11.8. The van der Waals surface area contributed by atoms with Crippen molar-refractivity contribution in [2.45, 2.75) is 26.2 Å². The summed E-state index contributed by atoms with van der Waals surface area (Å²) in [7, 11) is 1.53. The number of hydrogen-bond donors (Lipinski definition) is 2. The predicted octanol–water partition coefficient (Wildman–Crippen LogP) is 4.82. The topological polar surface area (TPSA) is 93.2 Å². The third-order valence-electron chi connectivity index (χ3n) is 5.24. The van der Waals surface area contributed by atoms with Gasteiger partial charge in [0.05, 0.1) is 0 Å². The van der Waals surface area contributed by atoms with Gasteiger partial charge in [-0.25, -0.2) is 9.37 Å². The fourth-order valence-electron chi connectivity index (χ4n) is 3.57. The van der Waals surface area contributed by atoms with Gasteiger partial charge >= 0.3 is 0 Å². The molecule has 0 radical (unpaired) electrons. The van der Waals surface area contributed by atoms with Gasteiger partial charge in [-0.1, -0.05) is 29.8 Å². The highest BCUT2D eigenvalue weighted by atomic mass is 19.1. The van der Waals surface area contributed by atoms with Crippen LogP contribution in [0.2, 0.25) is 0 Å². The van der Waals surface area contributed by atoms with E-state index in [0.29, 0.717) is 16.8 Å². The van der Waals surface area contributed by atoms with E-state index in [2.05, 4.69) is 20.6 Å². The number of nitrogens with zero attached hydrogens (tertiary/aromatic N) is 2. The van der Waals surface area contributed by atoms with E-state index in [1.165, 1.54) is 19.3 Å². The van der Waals surface area contributed by atoms with E-state index in [9.17, 15) is 14.0 Å². The lowest BCUT2D eigenvalue weighted by atomic mass is 10.1. The first-order chi connectivity index (χ1) is 15.9. The van der Waals surface area contributed by atoms with Gasteiger partial charge in [0.2, 0.25) is 17.7 Å². The smallest absolute Gasteiger partial charge is 0.230 e. The first-order valence-electron chi connectivity index (χ1n) is 10.5. The van der Waals surface area contributed by atoms with E-state index in [1.54, 1.807) is 30.3 Å². The molecule has 8 heteroatoms. The lowest BCUT2D eigenvalue weighted by Gasteiger charge is -2.10. The highest BCUT2D eigenvalue weighted by Crippen LogP contribution is 2.34. The minimum atomic E-state index is -0.416. The normalized spacial score (nSPS) is 12.0.